The molecule has 0 saturated heterocycles. The number of carboxylic acid groups (broad SMARTS) is 1. The topological polar surface area (TPSA) is 170 Å². The lowest BCUT2D eigenvalue weighted by molar-refractivity contribution is -0.144. The molecule has 1 aromatic carbocycles. The number of benzene rings is 1. The molecule has 42 heavy (non-hydrogen) atoms. The van der Waals surface area contributed by atoms with Gasteiger partial charge in [0.25, 0.3) is 0 Å². The van der Waals surface area contributed by atoms with Crippen LogP contribution in [0, 0.1) is 5.92 Å². The van der Waals surface area contributed by atoms with Crippen LogP contribution in [0.15, 0.2) is 18.2 Å². The fraction of sp³-hybridized carbons (Fsp3) is 0.667. The minimum atomic E-state index is -1.87. The van der Waals surface area contributed by atoms with Crippen molar-refractivity contribution < 1.29 is 52.7 Å². The highest BCUT2D eigenvalue weighted by Crippen LogP contribution is 2.31. The van der Waals surface area contributed by atoms with E-state index in [1.54, 1.807) is 0 Å². The average Bonchev–Trinajstić information content (AvgIpc) is 2.93. The first-order chi connectivity index (χ1) is 19.9. The first-order valence-corrected chi connectivity index (χ1v) is 14.6. The van der Waals surface area contributed by atoms with Gasteiger partial charge in [-0.05, 0) is 43.4 Å². The summed E-state index contributed by atoms with van der Waals surface area (Å²) in [6.45, 7) is 9.91. The normalized spacial score (nSPS) is 13.7. The van der Waals surface area contributed by atoms with E-state index in [4.69, 9.17) is 34.2 Å². The Labute approximate surface area is 248 Å². The molecule has 0 aliphatic rings. The third-order valence-electron chi connectivity index (χ3n) is 6.41. The van der Waals surface area contributed by atoms with E-state index in [0.29, 0.717) is 18.4 Å². The van der Waals surface area contributed by atoms with E-state index in [1.165, 1.54) is 25.1 Å². The summed E-state index contributed by atoms with van der Waals surface area (Å²) in [7, 11) is 0. The van der Waals surface area contributed by atoms with Crippen molar-refractivity contribution in [2.75, 3.05) is 19.8 Å². The van der Waals surface area contributed by atoms with Gasteiger partial charge < -0.3 is 39.3 Å². The Balaban J connectivity index is 3.05. The van der Waals surface area contributed by atoms with Crippen LogP contribution in [0.3, 0.4) is 0 Å². The van der Waals surface area contributed by atoms with Gasteiger partial charge in [0.15, 0.2) is 11.5 Å². The number of carbonyl (C=O) groups excluding carboxylic acids is 3. The van der Waals surface area contributed by atoms with Gasteiger partial charge in [0.1, 0.15) is 11.6 Å². The number of carbonyl (C=O) groups is 4. The number of hydrogen-bond donors (Lipinski definition) is 2. The molecule has 0 spiro atoms. The van der Waals surface area contributed by atoms with Crippen molar-refractivity contribution >= 4 is 24.4 Å². The number of ether oxygens (including phenoxy) is 6. The van der Waals surface area contributed by atoms with Gasteiger partial charge in [-0.1, -0.05) is 65.9 Å². The molecule has 0 aliphatic heterocycles. The van der Waals surface area contributed by atoms with Gasteiger partial charge in [0.2, 0.25) is 0 Å². The first-order valence-electron chi connectivity index (χ1n) is 14.6. The van der Waals surface area contributed by atoms with Crippen LogP contribution in [0.25, 0.3) is 0 Å². The molecule has 0 radical (unpaired) electrons. The zero-order valence-corrected chi connectivity index (χ0v) is 25.5. The Bertz CT molecular complexity index is 999. The van der Waals surface area contributed by atoms with Crippen molar-refractivity contribution in [2.24, 2.45) is 11.7 Å². The largest absolute Gasteiger partial charge is 0.513 e. The second-order valence-electron chi connectivity index (χ2n) is 10.4. The number of hydrogen-bond acceptors (Lipinski definition) is 11. The smallest absolute Gasteiger partial charge is 0.480 e. The molecule has 0 heterocycles. The molecule has 2 unspecified atom stereocenters. The fourth-order valence-electron chi connectivity index (χ4n) is 3.76. The summed E-state index contributed by atoms with van der Waals surface area (Å²) >= 11 is 0. The second kappa shape index (κ2) is 19.6. The standard InChI is InChI=1S/C30H47NO11/c1-6-9-11-15-37-27(34)41-24-14-13-23(17-25(24)42-28(35)38-16-12-10-7-2)19-30(31,26(32)33)18-22(5)40-29(36)39-20-21(4)8-3/h13-14,17,21-22H,6-12,15-16,18-20,31H2,1-5H3,(H,32,33)/t21?,22-,30?/m0/s1. The molecule has 0 amide bonds. The maximum absolute atomic E-state index is 12.3. The third-order valence-corrected chi connectivity index (χ3v) is 6.41. The van der Waals surface area contributed by atoms with Crippen molar-refractivity contribution in [3.05, 3.63) is 23.8 Å². The summed E-state index contributed by atoms with van der Waals surface area (Å²) in [5.41, 5.74) is 4.75. The zero-order chi connectivity index (χ0) is 31.5. The van der Waals surface area contributed by atoms with Crippen LogP contribution in [0.5, 0.6) is 11.5 Å². The Morgan fingerprint density at radius 1 is 0.833 bits per heavy atom. The quantitative estimate of drug-likeness (QED) is 0.0779. The minimum Gasteiger partial charge on any atom is -0.480 e. The molecule has 1 aromatic rings. The van der Waals surface area contributed by atoms with Crippen LogP contribution in [-0.4, -0.2) is 61.0 Å². The zero-order valence-electron chi connectivity index (χ0n) is 25.5. The molecule has 1 rings (SSSR count). The molecule has 0 bridgehead atoms. The van der Waals surface area contributed by atoms with Crippen LogP contribution < -0.4 is 15.2 Å². The van der Waals surface area contributed by atoms with Gasteiger partial charge >= 0.3 is 24.4 Å². The molecule has 0 saturated carbocycles. The van der Waals surface area contributed by atoms with Gasteiger partial charge in [-0.15, -0.1) is 0 Å². The van der Waals surface area contributed by atoms with Crippen LogP contribution in [0.4, 0.5) is 14.4 Å². The van der Waals surface area contributed by atoms with Crippen molar-refractivity contribution in [3.63, 3.8) is 0 Å². The minimum absolute atomic E-state index is 0.122. The van der Waals surface area contributed by atoms with E-state index in [-0.39, 0.29) is 50.1 Å². The van der Waals surface area contributed by atoms with Crippen LogP contribution >= 0.6 is 0 Å². The number of aliphatic carboxylic acids is 1. The SMILES string of the molecule is CCCCCOC(=O)Oc1ccc(CC(N)(C[C@H](C)OC(=O)OCC(C)CC)C(=O)O)cc1OC(=O)OCCCCC. The lowest BCUT2D eigenvalue weighted by atomic mass is 9.86. The van der Waals surface area contributed by atoms with Crippen molar-refractivity contribution in [2.45, 2.75) is 104 Å². The first kappa shape index (κ1) is 36.5. The third kappa shape index (κ3) is 14.4. The predicted molar refractivity (Wildman–Crippen MR) is 154 cm³/mol. The fourth-order valence-corrected chi connectivity index (χ4v) is 3.76. The van der Waals surface area contributed by atoms with Gasteiger partial charge in [0.05, 0.1) is 19.8 Å². The molecule has 12 nitrogen and oxygen atoms in total. The highest BCUT2D eigenvalue weighted by atomic mass is 16.7. The van der Waals surface area contributed by atoms with Gasteiger partial charge in [0, 0.05) is 12.8 Å². The molecule has 0 fully saturated rings. The second-order valence-corrected chi connectivity index (χ2v) is 10.4. The molecule has 3 atom stereocenters. The Morgan fingerprint density at radius 2 is 1.40 bits per heavy atom. The van der Waals surface area contributed by atoms with Crippen molar-refractivity contribution in [3.8, 4) is 11.5 Å². The molecule has 0 aromatic heterocycles. The van der Waals surface area contributed by atoms with E-state index in [9.17, 15) is 24.3 Å². The predicted octanol–water partition coefficient (Wildman–Crippen LogP) is 6.40. The molecular formula is C30H47NO11. The van der Waals surface area contributed by atoms with Gasteiger partial charge in [-0.3, -0.25) is 4.79 Å². The Morgan fingerprint density at radius 3 is 1.93 bits per heavy atom. The number of rotatable bonds is 19. The summed E-state index contributed by atoms with van der Waals surface area (Å²) in [4.78, 5) is 48.8. The van der Waals surface area contributed by atoms with Crippen LogP contribution in [0.2, 0.25) is 0 Å². The molecule has 0 aliphatic carbocycles. The van der Waals surface area contributed by atoms with Gasteiger partial charge in [-0.2, -0.15) is 0 Å². The maximum atomic E-state index is 12.3. The van der Waals surface area contributed by atoms with Crippen molar-refractivity contribution in [1.82, 2.24) is 0 Å². The van der Waals surface area contributed by atoms with Gasteiger partial charge in [-0.25, -0.2) is 14.4 Å². The van der Waals surface area contributed by atoms with E-state index in [0.717, 1.165) is 32.1 Å². The monoisotopic (exact) mass is 597 g/mol. The number of unbranched alkanes of at least 4 members (excludes halogenated alkanes) is 4. The van der Waals surface area contributed by atoms with E-state index >= 15 is 0 Å². The highest BCUT2D eigenvalue weighted by molar-refractivity contribution is 5.79. The van der Waals surface area contributed by atoms with Crippen LogP contribution in [-0.2, 0) is 30.2 Å². The Kier molecular flexibility index (Phi) is 17.0. The lowest BCUT2D eigenvalue weighted by Crippen LogP contribution is -2.52. The van der Waals surface area contributed by atoms with Crippen molar-refractivity contribution in [1.29, 1.82) is 0 Å². The van der Waals surface area contributed by atoms with E-state index in [2.05, 4.69) is 0 Å². The Hall–Kier alpha value is -3.54. The number of nitrogens with two attached hydrogens (primary N) is 1. The molecule has 238 valence electrons. The van der Waals surface area contributed by atoms with Crippen LogP contribution in [0.1, 0.15) is 91.5 Å². The number of carboxylic acids is 1. The summed E-state index contributed by atoms with van der Waals surface area (Å²) in [6, 6.07) is 4.16. The lowest BCUT2D eigenvalue weighted by Gasteiger charge is -2.28. The molecular weight excluding hydrogens is 550 g/mol. The summed E-state index contributed by atoms with van der Waals surface area (Å²) in [5.74, 6) is -1.48. The summed E-state index contributed by atoms with van der Waals surface area (Å²) in [5, 5.41) is 9.95. The maximum Gasteiger partial charge on any atom is 0.513 e. The average molecular weight is 598 g/mol. The summed E-state index contributed by atoms with van der Waals surface area (Å²) in [6.07, 6.45) is 1.52. The highest BCUT2D eigenvalue weighted by Gasteiger charge is 2.37. The molecule has 3 N–H and O–H groups in total. The summed E-state index contributed by atoms with van der Waals surface area (Å²) < 4.78 is 31.0. The van der Waals surface area contributed by atoms with E-state index < -0.39 is 36.1 Å². The molecule has 12 heteroatoms. The van der Waals surface area contributed by atoms with E-state index in [1.807, 2.05) is 27.7 Å².